The van der Waals surface area contributed by atoms with Crippen LogP contribution in [-0.4, -0.2) is 5.11 Å². The molecule has 0 aliphatic heterocycles. The summed E-state index contributed by atoms with van der Waals surface area (Å²) in [5.74, 6) is 0.00117. The summed E-state index contributed by atoms with van der Waals surface area (Å²) in [6, 6.07) is 7.10. The van der Waals surface area contributed by atoms with Gasteiger partial charge in [-0.3, -0.25) is 0 Å². The Morgan fingerprint density at radius 3 is 2.22 bits per heavy atom. The van der Waals surface area contributed by atoms with Gasteiger partial charge in [-0.1, -0.05) is 40.9 Å². The van der Waals surface area contributed by atoms with Crippen molar-refractivity contribution in [2.24, 2.45) is 0 Å². The second-order valence-electron chi connectivity index (χ2n) is 3.90. The van der Waals surface area contributed by atoms with Crippen LogP contribution in [0.5, 0.6) is 5.75 Å². The Hall–Kier alpha value is -1.40. The number of phenols is 1. The van der Waals surface area contributed by atoms with Crippen molar-refractivity contribution in [3.05, 3.63) is 38.8 Å². The number of rotatable bonds is 0. The highest BCUT2D eigenvalue weighted by atomic mass is 35.5. The number of aromatic hydroxyl groups is 1. The Bertz CT molecular complexity index is 747. The van der Waals surface area contributed by atoms with Gasteiger partial charge in [0, 0.05) is 16.1 Å². The number of benzene rings is 2. The Kier molecular flexibility index (Phi) is 2.46. The van der Waals surface area contributed by atoms with Gasteiger partial charge < -0.3 is 5.11 Å². The maximum Gasteiger partial charge on any atom is 0.134 e. The maximum absolute atomic E-state index is 10.1. The molecule has 0 atom stereocenters. The predicted molar refractivity (Wildman–Crippen MR) is 72.3 cm³/mol. The van der Waals surface area contributed by atoms with E-state index in [0.717, 1.165) is 5.56 Å². The second-order valence-corrected chi connectivity index (χ2v) is 5.10. The first kappa shape index (κ1) is 11.7. The molecule has 3 rings (SSSR count). The summed E-state index contributed by atoms with van der Waals surface area (Å²) in [6.45, 7) is 0. The van der Waals surface area contributed by atoms with Gasteiger partial charge in [0.2, 0.25) is 0 Å². The molecule has 2 nitrogen and oxygen atoms in total. The lowest BCUT2D eigenvalue weighted by molar-refractivity contribution is 0.481. The SMILES string of the molecule is N#Cc1c(Cl)c2c(O)c(c1Cl)-c1cc(Cl)ccc1-2. The number of hydrogen-bond acceptors (Lipinski definition) is 2. The van der Waals surface area contributed by atoms with Crippen molar-refractivity contribution in [1.82, 2.24) is 0 Å². The molecule has 0 amide bonds. The third-order valence-electron chi connectivity index (χ3n) is 2.98. The van der Waals surface area contributed by atoms with E-state index in [9.17, 15) is 5.11 Å². The van der Waals surface area contributed by atoms with Crippen molar-refractivity contribution in [3.63, 3.8) is 0 Å². The largest absolute Gasteiger partial charge is 0.507 e. The third kappa shape index (κ3) is 1.30. The summed E-state index contributed by atoms with van der Waals surface area (Å²) < 4.78 is 0. The van der Waals surface area contributed by atoms with Crippen LogP contribution >= 0.6 is 34.8 Å². The molecule has 18 heavy (non-hydrogen) atoms. The van der Waals surface area contributed by atoms with E-state index in [4.69, 9.17) is 40.1 Å². The lowest BCUT2D eigenvalue weighted by Crippen LogP contribution is -1.83. The first-order valence-corrected chi connectivity index (χ1v) is 6.14. The molecule has 1 N–H and O–H groups in total. The van der Waals surface area contributed by atoms with Crippen molar-refractivity contribution >= 4 is 34.8 Å². The first-order valence-electron chi connectivity index (χ1n) is 5.00. The van der Waals surface area contributed by atoms with Gasteiger partial charge in [-0.05, 0) is 23.3 Å². The van der Waals surface area contributed by atoms with Crippen LogP contribution in [0.2, 0.25) is 15.1 Å². The fourth-order valence-corrected chi connectivity index (χ4v) is 3.09. The molecule has 0 saturated carbocycles. The molecule has 0 heterocycles. The van der Waals surface area contributed by atoms with Gasteiger partial charge in [0.05, 0.1) is 15.6 Å². The van der Waals surface area contributed by atoms with Gasteiger partial charge in [-0.25, -0.2) is 0 Å². The number of nitriles is 1. The van der Waals surface area contributed by atoms with Crippen molar-refractivity contribution in [1.29, 1.82) is 5.26 Å². The minimum atomic E-state index is 0.00117. The Morgan fingerprint density at radius 1 is 1.00 bits per heavy atom. The standard InChI is InChI=1S/C13H4Cl3NO/c14-5-1-2-6-7(3-5)10-12(16)8(4-17)11(15)9(6)13(10)18/h1-3,18H. The summed E-state index contributed by atoms with van der Waals surface area (Å²) in [7, 11) is 0. The minimum Gasteiger partial charge on any atom is -0.507 e. The Balaban J connectivity index is 2.53. The molecule has 1 aliphatic carbocycles. The summed E-state index contributed by atoms with van der Waals surface area (Å²) in [4.78, 5) is 0. The van der Waals surface area contributed by atoms with Gasteiger partial charge in [0.25, 0.3) is 0 Å². The molecule has 0 fully saturated rings. The predicted octanol–water partition coefficient (Wildman–Crippen LogP) is 4.87. The molecule has 2 aromatic rings. The summed E-state index contributed by atoms with van der Waals surface area (Å²) in [6.07, 6.45) is 0. The van der Waals surface area contributed by atoms with Gasteiger partial charge in [-0.2, -0.15) is 5.26 Å². The lowest BCUT2D eigenvalue weighted by Gasteiger charge is -2.05. The number of phenolic OH excluding ortho intramolecular Hbond substituents is 1. The monoisotopic (exact) mass is 295 g/mol. The smallest absolute Gasteiger partial charge is 0.134 e. The van der Waals surface area contributed by atoms with Gasteiger partial charge in [0.15, 0.2) is 0 Å². The van der Waals surface area contributed by atoms with Crippen molar-refractivity contribution in [2.45, 2.75) is 0 Å². The minimum absolute atomic E-state index is 0.00117. The summed E-state index contributed by atoms with van der Waals surface area (Å²) in [5.41, 5.74) is 2.47. The molecule has 0 spiro atoms. The van der Waals surface area contributed by atoms with Crippen LogP contribution < -0.4 is 0 Å². The quantitative estimate of drug-likeness (QED) is 0.643. The summed E-state index contributed by atoms with van der Waals surface area (Å²) in [5, 5.41) is 20.1. The van der Waals surface area contributed by atoms with Crippen LogP contribution in [0.15, 0.2) is 18.2 Å². The molecule has 0 aromatic heterocycles. The normalized spacial score (nSPS) is 11.2. The molecule has 0 saturated heterocycles. The maximum atomic E-state index is 10.1. The van der Waals surface area contributed by atoms with Crippen molar-refractivity contribution in [3.8, 4) is 34.1 Å². The average molecular weight is 297 g/mol. The highest BCUT2D eigenvalue weighted by Gasteiger charge is 2.32. The lowest BCUT2D eigenvalue weighted by atomic mass is 10.1. The number of hydrogen-bond donors (Lipinski definition) is 1. The van der Waals surface area contributed by atoms with Crippen LogP contribution in [0.1, 0.15) is 5.56 Å². The zero-order valence-corrected chi connectivity index (χ0v) is 11.0. The molecular weight excluding hydrogens is 293 g/mol. The molecule has 5 heteroatoms. The third-order valence-corrected chi connectivity index (χ3v) is 3.97. The van der Waals surface area contributed by atoms with E-state index in [0.29, 0.717) is 21.7 Å². The zero-order valence-electron chi connectivity index (χ0n) is 8.76. The molecule has 2 aromatic carbocycles. The molecular formula is C13H4Cl3NO. The van der Waals surface area contributed by atoms with Crippen LogP contribution in [0, 0.1) is 11.3 Å². The number of fused-ring (bicyclic) bond motifs is 5. The van der Waals surface area contributed by atoms with Crippen LogP contribution in [-0.2, 0) is 0 Å². The average Bonchev–Trinajstić information content (AvgIpc) is 2.55. The van der Waals surface area contributed by atoms with E-state index in [1.54, 1.807) is 18.2 Å². The van der Waals surface area contributed by atoms with Crippen molar-refractivity contribution < 1.29 is 5.11 Å². The molecule has 88 valence electrons. The molecule has 0 unspecified atom stereocenters. The van der Waals surface area contributed by atoms with E-state index in [2.05, 4.69) is 0 Å². The van der Waals surface area contributed by atoms with E-state index in [1.165, 1.54) is 0 Å². The highest BCUT2D eigenvalue weighted by molar-refractivity contribution is 6.42. The number of halogens is 3. The second kappa shape index (κ2) is 3.80. The fraction of sp³-hybridized carbons (Fsp3) is 0. The molecule has 1 aliphatic rings. The summed E-state index contributed by atoms with van der Waals surface area (Å²) >= 11 is 18.2. The van der Waals surface area contributed by atoms with E-state index >= 15 is 0 Å². The van der Waals surface area contributed by atoms with Gasteiger partial charge >= 0.3 is 0 Å². The Labute approximate surface area is 118 Å². The molecule has 2 bridgehead atoms. The highest BCUT2D eigenvalue weighted by Crippen LogP contribution is 2.57. The number of nitrogens with zero attached hydrogens (tertiary/aromatic N) is 1. The van der Waals surface area contributed by atoms with Gasteiger partial charge in [-0.15, -0.1) is 0 Å². The van der Waals surface area contributed by atoms with E-state index in [1.807, 2.05) is 6.07 Å². The fourth-order valence-electron chi connectivity index (χ4n) is 2.21. The van der Waals surface area contributed by atoms with Crippen molar-refractivity contribution in [2.75, 3.05) is 0 Å². The Morgan fingerprint density at radius 2 is 1.61 bits per heavy atom. The van der Waals surface area contributed by atoms with E-state index < -0.39 is 0 Å². The zero-order chi connectivity index (χ0) is 13.0. The van der Waals surface area contributed by atoms with Crippen LogP contribution in [0.3, 0.4) is 0 Å². The first-order chi connectivity index (χ1) is 8.56. The van der Waals surface area contributed by atoms with E-state index in [-0.39, 0.29) is 21.4 Å². The van der Waals surface area contributed by atoms with Crippen LogP contribution in [0.4, 0.5) is 0 Å². The molecule has 0 radical (unpaired) electrons. The topological polar surface area (TPSA) is 44.0 Å². The van der Waals surface area contributed by atoms with Gasteiger partial charge in [0.1, 0.15) is 11.8 Å². The van der Waals surface area contributed by atoms with Crippen LogP contribution in [0.25, 0.3) is 22.3 Å².